The van der Waals surface area contributed by atoms with Crippen LogP contribution in [0, 0.1) is 5.92 Å². The number of hydrogen-bond acceptors (Lipinski definition) is 7. The second-order valence-corrected chi connectivity index (χ2v) is 7.75. The molecule has 0 saturated heterocycles. The molecule has 0 aromatic heterocycles. The molecule has 0 saturated carbocycles. The van der Waals surface area contributed by atoms with Crippen molar-refractivity contribution in [2.75, 3.05) is 6.61 Å². The van der Waals surface area contributed by atoms with Gasteiger partial charge in [0.15, 0.2) is 11.9 Å². The molecule has 0 radical (unpaired) electrons. The summed E-state index contributed by atoms with van der Waals surface area (Å²) in [6.45, 7) is 2.60. The van der Waals surface area contributed by atoms with Crippen molar-refractivity contribution in [3.05, 3.63) is 0 Å². The van der Waals surface area contributed by atoms with Crippen LogP contribution in [0.25, 0.3) is 0 Å². The Labute approximate surface area is 174 Å². The van der Waals surface area contributed by atoms with E-state index in [-0.39, 0.29) is 6.42 Å². The zero-order chi connectivity index (χ0) is 22.1. The minimum absolute atomic E-state index is 0.183. The molecule has 0 aromatic rings. The van der Waals surface area contributed by atoms with Crippen LogP contribution in [0.5, 0.6) is 0 Å². The lowest BCUT2D eigenvalue weighted by atomic mass is 9.93. The van der Waals surface area contributed by atoms with Gasteiger partial charge in [0, 0.05) is 0 Å². The van der Waals surface area contributed by atoms with Gasteiger partial charge in [0.1, 0.15) is 12.0 Å². The van der Waals surface area contributed by atoms with E-state index < -0.39 is 42.5 Å². The van der Waals surface area contributed by atoms with Gasteiger partial charge in [0.05, 0.1) is 6.61 Å². The molecule has 170 valence electrons. The van der Waals surface area contributed by atoms with Gasteiger partial charge < -0.3 is 20.1 Å². The third-order valence-corrected chi connectivity index (χ3v) is 5.03. The number of carbonyl (C=O) groups excluding carboxylic acids is 3. The highest BCUT2D eigenvalue weighted by Gasteiger charge is 2.33. The first-order valence-corrected chi connectivity index (χ1v) is 11.1. The molecule has 0 rings (SSSR count). The summed E-state index contributed by atoms with van der Waals surface area (Å²) in [7, 11) is 0. The van der Waals surface area contributed by atoms with E-state index >= 15 is 0 Å². The minimum Gasteiger partial charge on any atom is -0.393 e. The first kappa shape index (κ1) is 27.7. The van der Waals surface area contributed by atoms with E-state index in [1.807, 2.05) is 0 Å². The van der Waals surface area contributed by atoms with Gasteiger partial charge in [-0.25, -0.2) is 4.79 Å². The first-order chi connectivity index (χ1) is 13.8. The fourth-order valence-corrected chi connectivity index (χ4v) is 3.17. The fourth-order valence-electron chi connectivity index (χ4n) is 3.17. The van der Waals surface area contributed by atoms with Crippen LogP contribution in [0.2, 0.25) is 0 Å². The summed E-state index contributed by atoms with van der Waals surface area (Å²) in [5, 5.41) is 27.4. The van der Waals surface area contributed by atoms with Crippen molar-refractivity contribution in [1.82, 2.24) is 0 Å². The Kier molecular flexibility index (Phi) is 16.7. The minimum atomic E-state index is -1.83. The summed E-state index contributed by atoms with van der Waals surface area (Å²) < 4.78 is 4.47. The molecule has 0 aliphatic carbocycles. The van der Waals surface area contributed by atoms with Crippen LogP contribution in [-0.2, 0) is 19.1 Å². The average molecular weight is 417 g/mol. The number of ketones is 1. The third-order valence-electron chi connectivity index (χ3n) is 5.03. The Morgan fingerprint density at radius 2 is 1.21 bits per heavy atom. The Hall–Kier alpha value is -1.31. The molecule has 0 aliphatic rings. The lowest BCUT2D eigenvalue weighted by molar-refractivity contribution is -0.171. The number of rotatable bonds is 18. The summed E-state index contributed by atoms with van der Waals surface area (Å²) >= 11 is 0. The largest absolute Gasteiger partial charge is 0.393 e. The molecule has 0 aromatic carbocycles. The number of esters is 2. The van der Waals surface area contributed by atoms with Gasteiger partial charge in [-0.05, 0) is 13.3 Å². The monoisotopic (exact) mass is 416 g/mol. The summed E-state index contributed by atoms with van der Waals surface area (Å²) in [6.07, 6.45) is 10.8. The molecule has 7 nitrogen and oxygen atoms in total. The summed E-state index contributed by atoms with van der Waals surface area (Å²) in [5.41, 5.74) is 0. The molecule has 0 heterocycles. The summed E-state index contributed by atoms with van der Waals surface area (Å²) in [4.78, 5) is 35.6. The van der Waals surface area contributed by atoms with Crippen LogP contribution in [0.1, 0.15) is 97.3 Å². The summed E-state index contributed by atoms with van der Waals surface area (Å²) in [5.74, 6) is -4.33. The molecule has 0 fully saturated rings. The van der Waals surface area contributed by atoms with E-state index in [0.717, 1.165) is 19.3 Å². The normalized spacial score (nSPS) is 14.2. The molecule has 0 bridgehead atoms. The number of unbranched alkanes of at least 4 members (excludes halogenated alkanes) is 11. The highest BCUT2D eigenvalue weighted by Crippen LogP contribution is 2.18. The molecule has 0 spiro atoms. The molecule has 0 aliphatic heterocycles. The molecule has 0 amide bonds. The molecule has 29 heavy (non-hydrogen) atoms. The lowest BCUT2D eigenvalue weighted by Gasteiger charge is -2.16. The van der Waals surface area contributed by atoms with Crippen LogP contribution in [0.4, 0.5) is 0 Å². The highest BCUT2D eigenvalue weighted by atomic mass is 16.6. The average Bonchev–Trinajstić information content (AvgIpc) is 2.70. The Morgan fingerprint density at radius 3 is 1.62 bits per heavy atom. The number of hydrogen-bond donors (Lipinski definition) is 3. The van der Waals surface area contributed by atoms with E-state index in [9.17, 15) is 24.6 Å². The van der Waals surface area contributed by atoms with E-state index in [0.29, 0.717) is 6.42 Å². The van der Waals surface area contributed by atoms with Crippen molar-refractivity contribution >= 4 is 17.7 Å². The first-order valence-electron chi connectivity index (χ1n) is 11.1. The van der Waals surface area contributed by atoms with Crippen LogP contribution in [0.15, 0.2) is 0 Å². The van der Waals surface area contributed by atoms with Crippen LogP contribution in [0.3, 0.4) is 0 Å². The maximum absolute atomic E-state index is 12.1. The maximum Gasteiger partial charge on any atom is 0.345 e. The quantitative estimate of drug-likeness (QED) is 0.178. The second kappa shape index (κ2) is 17.5. The topological polar surface area (TPSA) is 121 Å². The van der Waals surface area contributed by atoms with Gasteiger partial charge in [0.25, 0.3) is 0 Å². The molecular weight excluding hydrogens is 376 g/mol. The number of Topliss-reactive ketones (excluding diaryl/α,β-unsaturated/α-hetero) is 1. The van der Waals surface area contributed by atoms with Crippen LogP contribution in [-0.4, -0.2) is 51.9 Å². The smallest absolute Gasteiger partial charge is 0.345 e. The van der Waals surface area contributed by atoms with Gasteiger partial charge in [-0.2, -0.15) is 0 Å². The molecule has 3 unspecified atom stereocenters. The predicted octanol–water partition coefficient (Wildman–Crippen LogP) is 3.07. The van der Waals surface area contributed by atoms with Crippen molar-refractivity contribution in [2.45, 2.75) is 110 Å². The molecule has 7 heteroatoms. The van der Waals surface area contributed by atoms with E-state index in [1.165, 1.54) is 58.3 Å². The number of aliphatic hydroxyl groups is 3. The Bertz CT molecular complexity index is 462. The number of carbonyl (C=O) groups is 3. The fraction of sp³-hybridized carbons (Fsp3) is 0.864. The lowest BCUT2D eigenvalue weighted by Crippen LogP contribution is -2.37. The predicted molar refractivity (Wildman–Crippen MR) is 110 cm³/mol. The zero-order valence-corrected chi connectivity index (χ0v) is 18.1. The molecule has 3 N–H and O–H groups in total. The maximum atomic E-state index is 12.1. The zero-order valence-electron chi connectivity index (χ0n) is 18.1. The molecule has 3 atom stereocenters. The van der Waals surface area contributed by atoms with Crippen molar-refractivity contribution in [2.24, 2.45) is 5.92 Å². The number of ether oxygens (including phenoxy) is 1. The van der Waals surface area contributed by atoms with E-state index in [2.05, 4.69) is 11.7 Å². The van der Waals surface area contributed by atoms with Crippen LogP contribution >= 0.6 is 0 Å². The van der Waals surface area contributed by atoms with E-state index in [4.69, 9.17) is 5.11 Å². The van der Waals surface area contributed by atoms with E-state index in [1.54, 1.807) is 0 Å². The second-order valence-electron chi connectivity index (χ2n) is 7.75. The Morgan fingerprint density at radius 1 is 0.759 bits per heavy atom. The molecular formula is C22H40O7. The third kappa shape index (κ3) is 13.5. The highest BCUT2D eigenvalue weighted by molar-refractivity contribution is 6.04. The van der Waals surface area contributed by atoms with Gasteiger partial charge in [-0.15, -0.1) is 0 Å². The van der Waals surface area contributed by atoms with Gasteiger partial charge in [0.2, 0.25) is 0 Å². The summed E-state index contributed by atoms with van der Waals surface area (Å²) in [6, 6.07) is 0. The van der Waals surface area contributed by atoms with Crippen LogP contribution < -0.4 is 0 Å². The standard InChI is InChI=1S/C22H40O7/c1-3-4-5-6-7-8-9-10-11-12-13-14-15-18(20(26)17(2)24)21(27)29-22(28)19(25)16-23/h17-19,23-25H,3-16H2,1-2H3. The number of aliphatic hydroxyl groups excluding tert-OH is 3. The SMILES string of the molecule is CCCCCCCCCCCCCCC(C(=O)OC(=O)C(O)CO)C(=O)C(C)O. The van der Waals surface area contributed by atoms with Gasteiger partial charge >= 0.3 is 11.9 Å². The van der Waals surface area contributed by atoms with Crippen molar-refractivity contribution in [1.29, 1.82) is 0 Å². The van der Waals surface area contributed by atoms with Crippen molar-refractivity contribution in [3.63, 3.8) is 0 Å². The van der Waals surface area contributed by atoms with Gasteiger partial charge in [-0.3, -0.25) is 9.59 Å². The van der Waals surface area contributed by atoms with Crippen molar-refractivity contribution < 1.29 is 34.4 Å². The van der Waals surface area contributed by atoms with Gasteiger partial charge in [-0.1, -0.05) is 84.0 Å². The van der Waals surface area contributed by atoms with Crippen molar-refractivity contribution in [3.8, 4) is 0 Å². The Balaban J connectivity index is 4.09.